The number of methoxy groups -OCH3 is 1. The van der Waals surface area contributed by atoms with Crippen LogP contribution in [0.4, 0.5) is 0 Å². The monoisotopic (exact) mass is 333 g/mol. The molecule has 2 heterocycles. The summed E-state index contributed by atoms with van der Waals surface area (Å²) in [7, 11) is 1.80. The Morgan fingerprint density at radius 3 is 2.54 bits per heavy atom. The summed E-state index contributed by atoms with van der Waals surface area (Å²) in [6.45, 7) is 1.59. The van der Waals surface area contributed by atoms with Crippen molar-refractivity contribution in [3.05, 3.63) is 0 Å². The molecule has 132 valence electrons. The van der Waals surface area contributed by atoms with Crippen molar-refractivity contribution in [1.29, 1.82) is 5.26 Å². The van der Waals surface area contributed by atoms with Crippen LogP contribution in [0.15, 0.2) is 0 Å². The van der Waals surface area contributed by atoms with Crippen LogP contribution >= 0.6 is 0 Å². The largest absolute Gasteiger partial charge is 0.381 e. The Morgan fingerprint density at radius 1 is 1.21 bits per heavy atom. The number of amides is 1. The van der Waals surface area contributed by atoms with Crippen LogP contribution in [-0.2, 0) is 9.53 Å². The normalized spacial score (nSPS) is 44.0. The first-order valence-electron chi connectivity index (χ1n) is 9.18. The molecule has 0 aromatic heterocycles. The summed E-state index contributed by atoms with van der Waals surface area (Å²) in [5.41, 5.74) is 6.60. The van der Waals surface area contributed by atoms with Crippen LogP contribution in [0.25, 0.3) is 0 Å². The minimum absolute atomic E-state index is 0.102. The van der Waals surface area contributed by atoms with Gasteiger partial charge in [-0.05, 0) is 38.0 Å². The zero-order chi connectivity index (χ0) is 16.7. The van der Waals surface area contributed by atoms with Gasteiger partial charge in [0, 0.05) is 44.1 Å². The summed E-state index contributed by atoms with van der Waals surface area (Å²) in [5.74, 6) is 1.81. The van der Waals surface area contributed by atoms with Crippen molar-refractivity contribution in [1.82, 2.24) is 21.1 Å². The first-order chi connectivity index (χ1) is 11.7. The molecule has 2 saturated heterocycles. The molecule has 0 aromatic carbocycles. The maximum Gasteiger partial charge on any atom is 0.241 e. The Bertz CT molecular complexity index is 516. The average Bonchev–Trinajstić information content (AvgIpc) is 3.05. The van der Waals surface area contributed by atoms with Gasteiger partial charge in [0.1, 0.15) is 6.04 Å². The van der Waals surface area contributed by atoms with Gasteiger partial charge in [-0.1, -0.05) is 0 Å². The lowest BCUT2D eigenvalue weighted by Crippen LogP contribution is -2.46. The van der Waals surface area contributed by atoms with Crippen molar-refractivity contribution in [3.8, 4) is 6.19 Å². The summed E-state index contributed by atoms with van der Waals surface area (Å²) in [6.07, 6.45) is 7.92. The molecule has 2 saturated carbocycles. The van der Waals surface area contributed by atoms with Crippen LogP contribution in [0.3, 0.4) is 0 Å². The minimum Gasteiger partial charge on any atom is -0.381 e. The van der Waals surface area contributed by atoms with E-state index in [1.165, 1.54) is 12.8 Å². The Hall–Kier alpha value is -1.36. The van der Waals surface area contributed by atoms with Gasteiger partial charge in [0.2, 0.25) is 5.91 Å². The Morgan fingerprint density at radius 2 is 1.92 bits per heavy atom. The van der Waals surface area contributed by atoms with Crippen molar-refractivity contribution < 1.29 is 9.53 Å². The smallest absolute Gasteiger partial charge is 0.241 e. The fraction of sp³-hybridized carbons (Fsp3) is 0.882. The standard InChI is InChI=1S/C17H27N5O2/c1-24-11-4-2-10(3-5-11)14-6-15(21-20-14)17(23)22-7-12-13(8-22)16(12)19-9-18/h10-16,19-21H,2-8H2,1H3/t10?,11?,12-,13+,14?,15?,16?. The highest BCUT2D eigenvalue weighted by molar-refractivity contribution is 5.82. The molecular weight excluding hydrogens is 306 g/mol. The van der Waals surface area contributed by atoms with E-state index in [4.69, 9.17) is 10.00 Å². The molecule has 4 fully saturated rings. The highest BCUT2D eigenvalue weighted by Gasteiger charge is 2.57. The number of hydrogen-bond donors (Lipinski definition) is 3. The summed E-state index contributed by atoms with van der Waals surface area (Å²) < 4.78 is 5.45. The molecule has 2 aliphatic heterocycles. The van der Waals surface area contributed by atoms with Crippen molar-refractivity contribution in [3.63, 3.8) is 0 Å². The number of hydrogen-bond acceptors (Lipinski definition) is 6. The van der Waals surface area contributed by atoms with Crippen molar-refractivity contribution in [2.75, 3.05) is 20.2 Å². The maximum atomic E-state index is 12.7. The third kappa shape index (κ3) is 2.87. The molecule has 0 spiro atoms. The Labute approximate surface area is 143 Å². The van der Waals surface area contributed by atoms with Crippen LogP contribution in [0.1, 0.15) is 32.1 Å². The molecule has 4 rings (SSSR count). The van der Waals surface area contributed by atoms with Crippen LogP contribution in [0.2, 0.25) is 0 Å². The van der Waals surface area contributed by atoms with Gasteiger partial charge in [0.15, 0.2) is 6.19 Å². The van der Waals surface area contributed by atoms with E-state index in [-0.39, 0.29) is 11.9 Å². The zero-order valence-corrected chi connectivity index (χ0v) is 14.2. The van der Waals surface area contributed by atoms with Crippen molar-refractivity contribution in [2.45, 2.75) is 56.3 Å². The van der Waals surface area contributed by atoms with E-state index in [0.717, 1.165) is 32.4 Å². The van der Waals surface area contributed by atoms with E-state index in [1.54, 1.807) is 7.11 Å². The number of likely N-dealkylation sites (tertiary alicyclic amines) is 1. The summed E-state index contributed by atoms with van der Waals surface area (Å²) in [4.78, 5) is 14.7. The fourth-order valence-corrected chi connectivity index (χ4v) is 4.99. The number of rotatable bonds is 4. The van der Waals surface area contributed by atoms with Gasteiger partial charge in [-0.2, -0.15) is 5.26 Å². The number of fused-ring (bicyclic) bond motifs is 1. The lowest BCUT2D eigenvalue weighted by Gasteiger charge is -2.31. The van der Waals surface area contributed by atoms with Gasteiger partial charge in [-0.25, -0.2) is 5.43 Å². The third-order valence-electron chi connectivity index (χ3n) is 6.59. The Balaban J connectivity index is 1.24. The van der Waals surface area contributed by atoms with Gasteiger partial charge in [-0.15, -0.1) is 0 Å². The second kappa shape index (κ2) is 6.51. The predicted octanol–water partition coefficient (Wildman–Crippen LogP) is -0.0458. The first kappa shape index (κ1) is 16.1. The topological polar surface area (TPSA) is 89.4 Å². The van der Waals surface area contributed by atoms with E-state index >= 15 is 0 Å². The fourth-order valence-electron chi connectivity index (χ4n) is 4.99. The molecule has 0 bridgehead atoms. The average molecular weight is 333 g/mol. The molecule has 24 heavy (non-hydrogen) atoms. The van der Waals surface area contributed by atoms with E-state index in [2.05, 4.69) is 16.2 Å². The van der Waals surface area contributed by atoms with Crippen molar-refractivity contribution >= 4 is 5.91 Å². The van der Waals surface area contributed by atoms with Crippen LogP contribution in [0, 0.1) is 29.2 Å². The molecular formula is C17H27N5O2. The van der Waals surface area contributed by atoms with Crippen LogP contribution < -0.4 is 16.2 Å². The Kier molecular flexibility index (Phi) is 4.37. The number of hydrazine groups is 1. The number of carbonyl (C=O) groups is 1. The quantitative estimate of drug-likeness (QED) is 0.494. The lowest BCUT2D eigenvalue weighted by atomic mass is 9.81. The summed E-state index contributed by atoms with van der Waals surface area (Å²) >= 11 is 0. The van der Waals surface area contributed by atoms with Gasteiger partial charge in [-0.3, -0.25) is 10.2 Å². The highest BCUT2D eigenvalue weighted by Crippen LogP contribution is 2.45. The molecule has 3 N–H and O–H groups in total. The van der Waals surface area contributed by atoms with E-state index in [9.17, 15) is 4.79 Å². The number of ether oxygens (including phenoxy) is 1. The van der Waals surface area contributed by atoms with Gasteiger partial charge >= 0.3 is 0 Å². The molecule has 1 amide bonds. The predicted molar refractivity (Wildman–Crippen MR) is 87.3 cm³/mol. The number of nitrogens with zero attached hydrogens (tertiary/aromatic N) is 2. The second-order valence-corrected chi connectivity index (χ2v) is 7.81. The van der Waals surface area contributed by atoms with E-state index in [0.29, 0.717) is 35.9 Å². The van der Waals surface area contributed by atoms with Gasteiger partial charge in [0.25, 0.3) is 0 Å². The number of nitriles is 1. The molecule has 5 atom stereocenters. The lowest BCUT2D eigenvalue weighted by molar-refractivity contribution is -0.132. The molecule has 0 aromatic rings. The molecule has 7 heteroatoms. The number of piperidine rings is 1. The first-order valence-corrected chi connectivity index (χ1v) is 9.18. The minimum atomic E-state index is -0.102. The van der Waals surface area contributed by atoms with Crippen molar-refractivity contribution in [2.24, 2.45) is 17.8 Å². The van der Waals surface area contributed by atoms with E-state index in [1.807, 2.05) is 11.1 Å². The summed E-state index contributed by atoms with van der Waals surface area (Å²) in [5, 5.41) is 11.5. The second-order valence-electron chi connectivity index (χ2n) is 7.81. The van der Waals surface area contributed by atoms with E-state index < -0.39 is 0 Å². The molecule has 7 nitrogen and oxygen atoms in total. The SMILES string of the molecule is COC1CCC(C2CC(C(=O)N3C[C@@H]4C(NC#N)[C@@H]4C3)NN2)CC1. The number of nitrogens with one attached hydrogen (secondary N) is 3. The zero-order valence-electron chi connectivity index (χ0n) is 14.2. The highest BCUT2D eigenvalue weighted by atomic mass is 16.5. The molecule has 2 aliphatic carbocycles. The molecule has 0 radical (unpaired) electrons. The summed E-state index contributed by atoms with van der Waals surface area (Å²) in [6, 6.07) is 0.592. The third-order valence-corrected chi connectivity index (χ3v) is 6.59. The number of carbonyl (C=O) groups excluding carboxylic acids is 1. The van der Waals surface area contributed by atoms with Gasteiger partial charge < -0.3 is 15.0 Å². The van der Waals surface area contributed by atoms with Crippen LogP contribution in [0.5, 0.6) is 0 Å². The van der Waals surface area contributed by atoms with Crippen LogP contribution in [-0.4, -0.2) is 55.2 Å². The van der Waals surface area contributed by atoms with Gasteiger partial charge in [0.05, 0.1) is 6.10 Å². The maximum absolute atomic E-state index is 12.7. The molecule has 3 unspecified atom stereocenters. The molecule has 4 aliphatic rings.